The van der Waals surface area contributed by atoms with E-state index in [9.17, 15) is 9.59 Å². The standard InChI is InChI=1S/C11H16N2O3/c1-8(2)5-12-10(14)7-13-4-3-9(6-13)11(15)16/h3-4,6,8H,5,7H2,1-2H3,(H,12,14)(H,15,16). The van der Waals surface area contributed by atoms with Crippen LogP contribution in [0.25, 0.3) is 0 Å². The summed E-state index contributed by atoms with van der Waals surface area (Å²) in [4.78, 5) is 22.0. The number of hydrogen-bond donors (Lipinski definition) is 2. The highest BCUT2D eigenvalue weighted by Gasteiger charge is 2.07. The van der Waals surface area contributed by atoms with Gasteiger partial charge in [0.05, 0.1) is 5.56 Å². The molecule has 5 nitrogen and oxygen atoms in total. The van der Waals surface area contributed by atoms with Crippen LogP contribution in [0.15, 0.2) is 18.5 Å². The monoisotopic (exact) mass is 224 g/mol. The first-order valence-corrected chi connectivity index (χ1v) is 5.15. The highest BCUT2D eigenvalue weighted by molar-refractivity contribution is 5.87. The molecule has 0 spiro atoms. The van der Waals surface area contributed by atoms with Crippen molar-refractivity contribution in [1.29, 1.82) is 0 Å². The Hall–Kier alpha value is -1.78. The molecule has 0 aliphatic rings. The van der Waals surface area contributed by atoms with E-state index in [0.717, 1.165) is 0 Å². The van der Waals surface area contributed by atoms with Crippen molar-refractivity contribution in [1.82, 2.24) is 9.88 Å². The highest BCUT2D eigenvalue weighted by atomic mass is 16.4. The minimum absolute atomic E-state index is 0.110. The molecular formula is C11H16N2O3. The number of amides is 1. The van der Waals surface area contributed by atoms with Crippen LogP contribution in [0.3, 0.4) is 0 Å². The predicted octanol–water partition coefficient (Wildman–Crippen LogP) is 0.958. The quantitative estimate of drug-likeness (QED) is 0.782. The van der Waals surface area contributed by atoms with E-state index >= 15 is 0 Å². The van der Waals surface area contributed by atoms with Crippen LogP contribution in [0.2, 0.25) is 0 Å². The van der Waals surface area contributed by atoms with Crippen LogP contribution in [0.5, 0.6) is 0 Å². The SMILES string of the molecule is CC(C)CNC(=O)Cn1ccc(C(=O)O)c1. The van der Waals surface area contributed by atoms with E-state index < -0.39 is 5.97 Å². The molecule has 0 bridgehead atoms. The Labute approximate surface area is 94.1 Å². The normalized spacial score (nSPS) is 10.4. The zero-order valence-corrected chi connectivity index (χ0v) is 9.43. The lowest BCUT2D eigenvalue weighted by Gasteiger charge is -2.07. The number of nitrogens with one attached hydrogen (secondary N) is 1. The Morgan fingerprint density at radius 3 is 2.69 bits per heavy atom. The van der Waals surface area contributed by atoms with Gasteiger partial charge >= 0.3 is 5.97 Å². The van der Waals surface area contributed by atoms with Gasteiger partial charge in [0.2, 0.25) is 5.91 Å². The maximum atomic E-state index is 11.4. The first-order valence-electron chi connectivity index (χ1n) is 5.15. The molecule has 0 aliphatic carbocycles. The number of carbonyl (C=O) groups is 2. The largest absolute Gasteiger partial charge is 0.478 e. The van der Waals surface area contributed by atoms with Crippen LogP contribution in [-0.4, -0.2) is 28.1 Å². The molecule has 1 aromatic rings. The summed E-state index contributed by atoms with van der Waals surface area (Å²) in [6.45, 7) is 4.81. The van der Waals surface area contributed by atoms with E-state index in [1.807, 2.05) is 13.8 Å². The minimum Gasteiger partial charge on any atom is -0.478 e. The molecule has 1 heterocycles. The van der Waals surface area contributed by atoms with Gasteiger partial charge < -0.3 is 15.0 Å². The molecule has 1 amide bonds. The van der Waals surface area contributed by atoms with Crippen molar-refractivity contribution >= 4 is 11.9 Å². The van der Waals surface area contributed by atoms with Crippen molar-refractivity contribution in [2.75, 3.05) is 6.54 Å². The molecule has 0 aromatic carbocycles. The number of rotatable bonds is 5. The third kappa shape index (κ3) is 3.76. The van der Waals surface area contributed by atoms with Crippen molar-refractivity contribution < 1.29 is 14.7 Å². The summed E-state index contributed by atoms with van der Waals surface area (Å²) in [6.07, 6.45) is 3.02. The molecule has 0 unspecified atom stereocenters. The number of aromatic carboxylic acids is 1. The number of nitrogens with zero attached hydrogens (tertiary/aromatic N) is 1. The molecule has 0 radical (unpaired) electrons. The van der Waals surface area contributed by atoms with Crippen molar-refractivity contribution in [3.63, 3.8) is 0 Å². The van der Waals surface area contributed by atoms with E-state index in [-0.39, 0.29) is 18.0 Å². The van der Waals surface area contributed by atoms with Gasteiger partial charge in [-0.25, -0.2) is 4.79 Å². The second-order valence-electron chi connectivity index (χ2n) is 4.08. The lowest BCUT2D eigenvalue weighted by molar-refractivity contribution is -0.121. The fourth-order valence-corrected chi connectivity index (χ4v) is 1.21. The first kappa shape index (κ1) is 12.3. The van der Waals surface area contributed by atoms with Crippen LogP contribution in [0.1, 0.15) is 24.2 Å². The van der Waals surface area contributed by atoms with Gasteiger partial charge in [-0.1, -0.05) is 13.8 Å². The fourth-order valence-electron chi connectivity index (χ4n) is 1.21. The van der Waals surface area contributed by atoms with Crippen molar-refractivity contribution in [3.05, 3.63) is 24.0 Å². The van der Waals surface area contributed by atoms with E-state index in [2.05, 4.69) is 5.32 Å². The average Bonchev–Trinajstić information content (AvgIpc) is 2.63. The molecule has 16 heavy (non-hydrogen) atoms. The second kappa shape index (κ2) is 5.34. The minimum atomic E-state index is -0.985. The maximum Gasteiger partial charge on any atom is 0.337 e. The van der Waals surface area contributed by atoms with Crippen LogP contribution in [-0.2, 0) is 11.3 Å². The Morgan fingerprint density at radius 1 is 1.50 bits per heavy atom. The van der Waals surface area contributed by atoms with E-state index in [0.29, 0.717) is 12.5 Å². The summed E-state index contributed by atoms with van der Waals surface area (Å²) in [5, 5.41) is 11.5. The molecule has 5 heteroatoms. The molecule has 88 valence electrons. The average molecular weight is 224 g/mol. The number of hydrogen-bond acceptors (Lipinski definition) is 2. The van der Waals surface area contributed by atoms with Crippen LogP contribution in [0, 0.1) is 5.92 Å². The van der Waals surface area contributed by atoms with Crippen molar-refractivity contribution in [3.8, 4) is 0 Å². The van der Waals surface area contributed by atoms with Gasteiger partial charge in [-0.05, 0) is 12.0 Å². The summed E-state index contributed by atoms with van der Waals surface area (Å²) in [5.74, 6) is -0.689. The van der Waals surface area contributed by atoms with Crippen LogP contribution in [0.4, 0.5) is 0 Å². The van der Waals surface area contributed by atoms with Gasteiger partial charge in [0, 0.05) is 18.9 Å². The Bertz CT molecular complexity index is 382. The topological polar surface area (TPSA) is 71.3 Å². The molecular weight excluding hydrogens is 208 g/mol. The lowest BCUT2D eigenvalue weighted by Crippen LogP contribution is -2.30. The summed E-state index contributed by atoms with van der Waals surface area (Å²) >= 11 is 0. The van der Waals surface area contributed by atoms with Gasteiger partial charge in [0.15, 0.2) is 0 Å². The molecule has 1 aromatic heterocycles. The van der Waals surface area contributed by atoms with Gasteiger partial charge in [-0.15, -0.1) is 0 Å². The molecule has 2 N–H and O–H groups in total. The Kier molecular flexibility index (Phi) is 4.10. The van der Waals surface area contributed by atoms with Gasteiger partial charge in [-0.2, -0.15) is 0 Å². The number of carboxylic acids is 1. The fraction of sp³-hybridized carbons (Fsp3) is 0.455. The van der Waals surface area contributed by atoms with Crippen molar-refractivity contribution in [2.45, 2.75) is 20.4 Å². The summed E-state index contributed by atoms with van der Waals surface area (Å²) in [7, 11) is 0. The Balaban J connectivity index is 2.46. The van der Waals surface area contributed by atoms with Gasteiger partial charge in [0.25, 0.3) is 0 Å². The molecule has 0 atom stereocenters. The van der Waals surface area contributed by atoms with E-state index in [1.54, 1.807) is 10.8 Å². The first-order chi connectivity index (χ1) is 7.49. The van der Waals surface area contributed by atoms with Gasteiger partial charge in [-0.3, -0.25) is 4.79 Å². The highest BCUT2D eigenvalue weighted by Crippen LogP contribution is 2.00. The van der Waals surface area contributed by atoms with E-state index in [1.165, 1.54) is 12.3 Å². The van der Waals surface area contributed by atoms with E-state index in [4.69, 9.17) is 5.11 Å². The third-order valence-electron chi connectivity index (χ3n) is 2.03. The van der Waals surface area contributed by atoms with Crippen molar-refractivity contribution in [2.24, 2.45) is 5.92 Å². The second-order valence-corrected chi connectivity index (χ2v) is 4.08. The lowest BCUT2D eigenvalue weighted by atomic mass is 10.2. The summed E-state index contributed by atoms with van der Waals surface area (Å²) < 4.78 is 1.55. The number of carbonyl (C=O) groups excluding carboxylic acids is 1. The number of carboxylic acid groups (broad SMARTS) is 1. The predicted molar refractivity (Wildman–Crippen MR) is 59.2 cm³/mol. The Morgan fingerprint density at radius 2 is 2.19 bits per heavy atom. The van der Waals surface area contributed by atoms with Gasteiger partial charge in [0.1, 0.15) is 6.54 Å². The van der Waals surface area contributed by atoms with Crippen LogP contribution >= 0.6 is 0 Å². The number of aromatic nitrogens is 1. The zero-order valence-electron chi connectivity index (χ0n) is 9.43. The molecule has 0 saturated heterocycles. The molecule has 0 saturated carbocycles. The smallest absolute Gasteiger partial charge is 0.337 e. The summed E-state index contributed by atoms with van der Waals surface area (Å²) in [6, 6.07) is 1.47. The molecule has 0 aliphatic heterocycles. The summed E-state index contributed by atoms with van der Waals surface area (Å²) in [5.41, 5.74) is 0.191. The maximum absolute atomic E-state index is 11.4. The molecule has 1 rings (SSSR count). The zero-order chi connectivity index (χ0) is 12.1. The van der Waals surface area contributed by atoms with Crippen LogP contribution < -0.4 is 5.32 Å². The molecule has 0 fully saturated rings. The third-order valence-corrected chi connectivity index (χ3v) is 2.03.